The highest BCUT2D eigenvalue weighted by Crippen LogP contribution is 2.31. The highest BCUT2D eigenvalue weighted by Gasteiger charge is 2.18. The Labute approximate surface area is 135 Å². The Bertz CT molecular complexity index is 658. The summed E-state index contributed by atoms with van der Waals surface area (Å²) in [5.41, 5.74) is 1.04. The topological polar surface area (TPSA) is 67.2 Å². The molecular weight excluding hydrogens is 298 g/mol. The molecule has 2 N–H and O–H groups in total. The van der Waals surface area contributed by atoms with Crippen LogP contribution < -0.4 is 5.32 Å². The Balaban J connectivity index is 2.11. The maximum Gasteiger partial charge on any atom is 0.261 e. The number of thiophene rings is 1. The van der Waals surface area contributed by atoms with Crippen LogP contribution in [0.15, 0.2) is 6.07 Å². The Morgan fingerprint density at radius 3 is 2.68 bits per heavy atom. The van der Waals surface area contributed by atoms with Crippen LogP contribution in [-0.4, -0.2) is 33.4 Å². The summed E-state index contributed by atoms with van der Waals surface area (Å²) >= 11 is 1.47. The third kappa shape index (κ3) is 3.67. The average Bonchev–Trinajstić information content (AvgIpc) is 2.96. The molecule has 0 fully saturated rings. The maximum atomic E-state index is 12.3. The van der Waals surface area contributed by atoms with Gasteiger partial charge in [0.1, 0.15) is 4.83 Å². The Hall–Kier alpha value is -1.40. The molecule has 2 atom stereocenters. The van der Waals surface area contributed by atoms with Crippen LogP contribution in [0.3, 0.4) is 0 Å². The van der Waals surface area contributed by atoms with E-state index in [4.69, 9.17) is 0 Å². The second-order valence-corrected chi connectivity index (χ2v) is 7.42. The number of hydrogen-bond donors (Lipinski definition) is 2. The molecule has 0 bridgehead atoms. The fourth-order valence-corrected chi connectivity index (χ4v) is 3.62. The van der Waals surface area contributed by atoms with Crippen LogP contribution in [-0.2, 0) is 7.05 Å². The molecule has 122 valence electrons. The smallest absolute Gasteiger partial charge is 0.261 e. The first-order valence-corrected chi connectivity index (χ1v) is 8.54. The molecule has 6 heteroatoms. The van der Waals surface area contributed by atoms with Crippen LogP contribution in [0.2, 0.25) is 0 Å². The highest BCUT2D eigenvalue weighted by molar-refractivity contribution is 7.20. The summed E-state index contributed by atoms with van der Waals surface area (Å²) in [5.74, 6) is 0.542. The minimum atomic E-state index is -0.337. The predicted molar refractivity (Wildman–Crippen MR) is 90.5 cm³/mol. The molecule has 2 aromatic rings. The van der Waals surface area contributed by atoms with E-state index in [0.717, 1.165) is 15.9 Å². The van der Waals surface area contributed by atoms with Crippen molar-refractivity contribution in [3.05, 3.63) is 16.6 Å². The van der Waals surface area contributed by atoms with Gasteiger partial charge < -0.3 is 10.4 Å². The molecule has 0 aliphatic rings. The first-order valence-electron chi connectivity index (χ1n) is 7.72. The second kappa shape index (κ2) is 6.79. The van der Waals surface area contributed by atoms with Crippen LogP contribution in [0, 0.1) is 5.92 Å². The molecule has 0 saturated heterocycles. The normalized spacial score (nSPS) is 14.5. The summed E-state index contributed by atoms with van der Waals surface area (Å²) in [6, 6.07) is 1.94. The van der Waals surface area contributed by atoms with E-state index in [1.807, 2.05) is 24.7 Å². The quantitative estimate of drug-likeness (QED) is 0.859. The van der Waals surface area contributed by atoms with Crippen molar-refractivity contribution in [3.63, 3.8) is 0 Å². The molecule has 0 spiro atoms. The van der Waals surface area contributed by atoms with Crippen molar-refractivity contribution in [2.45, 2.75) is 46.1 Å². The molecule has 22 heavy (non-hydrogen) atoms. The lowest BCUT2D eigenvalue weighted by molar-refractivity contribution is 0.0943. The minimum Gasteiger partial charge on any atom is -0.393 e. The molecule has 0 saturated carbocycles. The van der Waals surface area contributed by atoms with Gasteiger partial charge >= 0.3 is 0 Å². The van der Waals surface area contributed by atoms with Gasteiger partial charge in [-0.2, -0.15) is 5.10 Å². The van der Waals surface area contributed by atoms with E-state index in [2.05, 4.69) is 24.3 Å². The summed E-state index contributed by atoms with van der Waals surface area (Å²) in [7, 11) is 1.91. The van der Waals surface area contributed by atoms with Crippen molar-refractivity contribution < 1.29 is 9.90 Å². The van der Waals surface area contributed by atoms with Crippen molar-refractivity contribution in [1.29, 1.82) is 0 Å². The van der Waals surface area contributed by atoms with Crippen molar-refractivity contribution in [3.8, 4) is 0 Å². The van der Waals surface area contributed by atoms with Crippen LogP contribution in [0.4, 0.5) is 0 Å². The Morgan fingerprint density at radius 1 is 1.41 bits per heavy atom. The maximum absolute atomic E-state index is 12.3. The molecule has 2 heterocycles. The predicted octanol–water partition coefficient (Wildman–Crippen LogP) is 2.90. The molecule has 0 aromatic carbocycles. The summed E-state index contributed by atoms with van der Waals surface area (Å²) in [6.45, 7) is 8.59. The fourth-order valence-electron chi connectivity index (χ4n) is 2.62. The second-order valence-electron chi connectivity index (χ2n) is 6.39. The van der Waals surface area contributed by atoms with Crippen molar-refractivity contribution in [2.24, 2.45) is 13.0 Å². The number of carbonyl (C=O) groups is 1. The Morgan fingerprint density at radius 2 is 2.09 bits per heavy atom. The summed E-state index contributed by atoms with van der Waals surface area (Å²) in [4.78, 5) is 14.1. The van der Waals surface area contributed by atoms with Gasteiger partial charge in [-0.15, -0.1) is 11.3 Å². The number of aliphatic hydroxyl groups is 1. The van der Waals surface area contributed by atoms with Gasteiger partial charge in [-0.25, -0.2) is 0 Å². The molecule has 0 aliphatic heterocycles. The molecule has 2 unspecified atom stereocenters. The fraction of sp³-hybridized carbons (Fsp3) is 0.625. The van der Waals surface area contributed by atoms with Gasteiger partial charge in [-0.05, 0) is 31.2 Å². The largest absolute Gasteiger partial charge is 0.393 e. The zero-order chi connectivity index (χ0) is 16.4. The third-order valence-electron chi connectivity index (χ3n) is 3.67. The average molecular weight is 323 g/mol. The van der Waals surface area contributed by atoms with Gasteiger partial charge in [0, 0.05) is 19.0 Å². The minimum absolute atomic E-state index is 0.0478. The van der Waals surface area contributed by atoms with E-state index >= 15 is 0 Å². The number of nitrogens with zero attached hydrogens (tertiary/aromatic N) is 2. The molecule has 0 radical (unpaired) electrons. The third-order valence-corrected chi connectivity index (χ3v) is 4.87. The van der Waals surface area contributed by atoms with Gasteiger partial charge in [0.25, 0.3) is 5.91 Å². The van der Waals surface area contributed by atoms with Gasteiger partial charge in [0.05, 0.1) is 16.7 Å². The number of rotatable bonds is 6. The number of carbonyl (C=O) groups excluding carboxylic acids is 1. The SMILES string of the molecule is CC(O)CC(C)CNC(=O)c1cc2c(C(C)C)nn(C)c2s1. The van der Waals surface area contributed by atoms with Crippen molar-refractivity contribution in [1.82, 2.24) is 15.1 Å². The van der Waals surface area contributed by atoms with E-state index in [1.165, 1.54) is 11.3 Å². The van der Waals surface area contributed by atoms with Gasteiger partial charge in [0.15, 0.2) is 0 Å². The number of fused-ring (bicyclic) bond motifs is 1. The van der Waals surface area contributed by atoms with E-state index < -0.39 is 0 Å². The van der Waals surface area contributed by atoms with E-state index in [1.54, 1.807) is 6.92 Å². The van der Waals surface area contributed by atoms with E-state index in [9.17, 15) is 9.90 Å². The number of aliphatic hydroxyl groups excluding tert-OH is 1. The van der Waals surface area contributed by atoms with Gasteiger partial charge in [-0.3, -0.25) is 9.48 Å². The monoisotopic (exact) mass is 323 g/mol. The summed E-state index contributed by atoms with van der Waals surface area (Å²) in [5, 5.41) is 17.9. The highest BCUT2D eigenvalue weighted by atomic mass is 32.1. The van der Waals surface area contributed by atoms with Crippen LogP contribution in [0.5, 0.6) is 0 Å². The molecule has 2 rings (SSSR count). The van der Waals surface area contributed by atoms with Gasteiger partial charge in [-0.1, -0.05) is 20.8 Å². The Kier molecular flexibility index (Phi) is 5.24. The van der Waals surface area contributed by atoms with Crippen LogP contribution >= 0.6 is 11.3 Å². The molecular formula is C16H25N3O2S. The number of aromatic nitrogens is 2. The molecule has 5 nitrogen and oxygen atoms in total. The molecule has 0 aliphatic carbocycles. The van der Waals surface area contributed by atoms with Crippen molar-refractivity contribution >= 4 is 27.5 Å². The lowest BCUT2D eigenvalue weighted by Gasteiger charge is -2.13. The van der Waals surface area contributed by atoms with Crippen LogP contribution in [0.25, 0.3) is 10.2 Å². The first kappa shape index (κ1) is 17.0. The zero-order valence-electron chi connectivity index (χ0n) is 13.9. The van der Waals surface area contributed by atoms with E-state index in [0.29, 0.717) is 23.8 Å². The number of amides is 1. The van der Waals surface area contributed by atoms with Gasteiger partial charge in [0.2, 0.25) is 0 Å². The molecule has 1 amide bonds. The number of nitrogens with one attached hydrogen (secondary N) is 1. The van der Waals surface area contributed by atoms with Crippen molar-refractivity contribution in [2.75, 3.05) is 6.54 Å². The van der Waals surface area contributed by atoms with Crippen LogP contribution in [0.1, 0.15) is 55.4 Å². The van der Waals surface area contributed by atoms with E-state index in [-0.39, 0.29) is 17.9 Å². The number of hydrogen-bond acceptors (Lipinski definition) is 4. The molecule has 2 aromatic heterocycles. The summed E-state index contributed by atoms with van der Waals surface area (Å²) in [6.07, 6.45) is 0.351. The number of aryl methyl sites for hydroxylation is 1. The first-order chi connectivity index (χ1) is 10.3. The lowest BCUT2D eigenvalue weighted by atomic mass is 10.0. The standard InChI is InChI=1S/C16H25N3O2S/c1-9(2)14-12-7-13(22-16(12)19(5)18-14)15(21)17-8-10(3)6-11(4)20/h7,9-11,20H,6,8H2,1-5H3,(H,17,21). The lowest BCUT2D eigenvalue weighted by Crippen LogP contribution is -2.28. The zero-order valence-corrected chi connectivity index (χ0v) is 14.7. The summed E-state index contributed by atoms with van der Waals surface area (Å²) < 4.78 is 1.85.